The largest absolute Gasteiger partial charge is 0.478 e. The molecule has 8 aliphatic rings. The van der Waals surface area contributed by atoms with Gasteiger partial charge in [-0.1, -0.05) is 66.8 Å². The van der Waals surface area contributed by atoms with Gasteiger partial charge in [-0.05, 0) is 78.6 Å². The Morgan fingerprint density at radius 3 is 2.47 bits per heavy atom. The Kier molecular flexibility index (Phi) is 10.4. The summed E-state index contributed by atoms with van der Waals surface area (Å²) < 4.78 is 24.2. The minimum absolute atomic E-state index is 0.0184. The Bertz CT molecular complexity index is 2320. The number of ether oxygens (including phenoxy) is 4. The van der Waals surface area contributed by atoms with E-state index in [4.69, 9.17) is 18.9 Å². The van der Waals surface area contributed by atoms with Crippen molar-refractivity contribution in [2.45, 2.75) is 76.3 Å². The number of fused-ring (bicyclic) bond motifs is 5. The van der Waals surface area contributed by atoms with Gasteiger partial charge in [0.15, 0.2) is 13.4 Å². The van der Waals surface area contributed by atoms with E-state index in [0.29, 0.717) is 46.2 Å². The maximum Gasteiger partial charge on any atom is 0.344 e. The van der Waals surface area contributed by atoms with Crippen LogP contribution in [0.2, 0.25) is 0 Å². The van der Waals surface area contributed by atoms with Crippen LogP contribution in [0.5, 0.6) is 0 Å². The number of aliphatic hydroxyl groups is 1. The molecule has 2 bridgehead atoms. The maximum absolute atomic E-state index is 15.4. The molecule has 328 valence electrons. The fourth-order valence-corrected chi connectivity index (χ4v) is 14.0. The molecule has 3 fully saturated rings. The molecule has 6 aliphatic heterocycles. The molecule has 2 saturated heterocycles. The average molecular weight is 848 g/mol. The average Bonchev–Trinajstić information content (AvgIpc) is 3.91. The Morgan fingerprint density at radius 2 is 1.79 bits per heavy atom. The van der Waals surface area contributed by atoms with Gasteiger partial charge in [0.25, 0.3) is 0 Å². The zero-order valence-corrected chi connectivity index (χ0v) is 36.8. The van der Waals surface area contributed by atoms with Crippen LogP contribution in [0.15, 0.2) is 77.0 Å². The minimum atomic E-state index is -2.29. The first-order valence-electron chi connectivity index (χ1n) is 22.0. The Hall–Kier alpha value is -4.76. The number of aliphatic carboxylic acids is 1. The predicted octanol–water partition coefficient (Wildman–Crippen LogP) is 3.05. The Balaban J connectivity index is 1.31. The second kappa shape index (κ2) is 15.2. The van der Waals surface area contributed by atoms with E-state index in [1.54, 1.807) is 13.2 Å². The second-order valence-electron chi connectivity index (χ2n) is 18.7. The molecular formula is C48H58BN3O10. The lowest BCUT2D eigenvalue weighted by atomic mass is 9.46. The number of methoxy groups -OCH3 is 3. The number of nitrogens with zero attached hydrogens (tertiary/aromatic N) is 3. The fraction of sp³-hybridized carbons (Fsp3) is 0.542. The SMILES string of the molecule is CCC1=C[C@H]2CN(C1)CC1=C(Bc3ccc(/C=C/C(=O)O)cc31)[C@@](C(=O)OC)(C1C=C3C(=CC1OC)N(C)[C@H]1[C@@](O)(C(=O)OC)[C@H](OC(C)=O)[C@]4(CC)C=CCN5CC[C@]31[C@@H]54)C2. The number of likely N-dealkylation sites (N-methyl/N-ethyl adjacent to an activating group) is 1. The number of carboxylic acid groups (broad SMARTS) is 1. The van der Waals surface area contributed by atoms with Crippen molar-refractivity contribution in [3.63, 3.8) is 0 Å². The van der Waals surface area contributed by atoms with Crippen LogP contribution in [-0.4, -0.2) is 147 Å². The van der Waals surface area contributed by atoms with Gasteiger partial charge in [-0.2, -0.15) is 0 Å². The number of carbonyl (C=O) groups excluding carboxylic acids is 3. The zero-order chi connectivity index (χ0) is 44.1. The molecule has 11 atom stereocenters. The summed E-state index contributed by atoms with van der Waals surface area (Å²) in [5.74, 6) is -3.42. The second-order valence-corrected chi connectivity index (χ2v) is 18.7. The van der Waals surface area contributed by atoms with Gasteiger partial charge >= 0.3 is 23.9 Å². The third-order valence-corrected chi connectivity index (χ3v) is 16.1. The normalized spacial score (nSPS) is 37.6. The molecular weight excluding hydrogens is 789 g/mol. The van der Waals surface area contributed by atoms with Crippen molar-refractivity contribution in [1.29, 1.82) is 0 Å². The quantitative estimate of drug-likeness (QED) is 0.123. The summed E-state index contributed by atoms with van der Waals surface area (Å²) >= 11 is 0. The molecule has 2 aliphatic carbocycles. The molecule has 9 rings (SSSR count). The van der Waals surface area contributed by atoms with Gasteiger partial charge in [-0.3, -0.25) is 19.4 Å². The van der Waals surface area contributed by atoms with E-state index in [0.717, 1.165) is 64.5 Å². The predicted molar refractivity (Wildman–Crippen MR) is 233 cm³/mol. The molecule has 2 N–H and O–H groups in total. The van der Waals surface area contributed by atoms with Crippen LogP contribution < -0.4 is 5.46 Å². The van der Waals surface area contributed by atoms with Crippen molar-refractivity contribution in [3.8, 4) is 0 Å². The van der Waals surface area contributed by atoms with E-state index in [1.165, 1.54) is 26.7 Å². The van der Waals surface area contributed by atoms with Crippen molar-refractivity contribution in [3.05, 3.63) is 88.1 Å². The van der Waals surface area contributed by atoms with Gasteiger partial charge in [0.2, 0.25) is 5.60 Å². The third kappa shape index (κ3) is 5.74. The van der Waals surface area contributed by atoms with E-state index in [-0.39, 0.29) is 17.9 Å². The molecule has 14 heteroatoms. The lowest BCUT2D eigenvalue weighted by molar-refractivity contribution is -0.243. The summed E-state index contributed by atoms with van der Waals surface area (Å²) in [5.41, 5.74) is 2.50. The van der Waals surface area contributed by atoms with Crippen LogP contribution in [0.3, 0.4) is 0 Å². The molecule has 3 unspecified atom stereocenters. The first-order valence-corrected chi connectivity index (χ1v) is 22.0. The van der Waals surface area contributed by atoms with Crippen molar-refractivity contribution in [1.82, 2.24) is 14.7 Å². The summed E-state index contributed by atoms with van der Waals surface area (Å²) in [5, 5.41) is 22.8. The van der Waals surface area contributed by atoms with Crippen LogP contribution >= 0.6 is 0 Å². The Morgan fingerprint density at radius 1 is 1.02 bits per heavy atom. The van der Waals surface area contributed by atoms with E-state index in [1.807, 2.05) is 37.1 Å². The van der Waals surface area contributed by atoms with Crippen LogP contribution in [0, 0.1) is 28.1 Å². The van der Waals surface area contributed by atoms with E-state index in [9.17, 15) is 24.6 Å². The van der Waals surface area contributed by atoms with Gasteiger partial charge in [0, 0.05) is 81.8 Å². The lowest BCUT2D eigenvalue weighted by Gasteiger charge is -2.63. The number of hydrogen-bond acceptors (Lipinski definition) is 12. The topological polar surface area (TPSA) is 155 Å². The van der Waals surface area contributed by atoms with Gasteiger partial charge in [-0.15, -0.1) is 0 Å². The van der Waals surface area contributed by atoms with E-state index >= 15 is 4.79 Å². The summed E-state index contributed by atoms with van der Waals surface area (Å²) in [4.78, 5) is 61.3. The number of benzene rings is 1. The molecule has 13 nitrogen and oxygen atoms in total. The van der Waals surface area contributed by atoms with Gasteiger partial charge in [0.05, 0.1) is 31.8 Å². The van der Waals surface area contributed by atoms with Crippen molar-refractivity contribution in [2.75, 3.05) is 61.1 Å². The number of rotatable bonds is 9. The zero-order valence-electron chi connectivity index (χ0n) is 36.8. The maximum atomic E-state index is 15.4. The summed E-state index contributed by atoms with van der Waals surface area (Å²) in [6.45, 7) is 8.98. The van der Waals surface area contributed by atoms with Gasteiger partial charge in [0.1, 0.15) is 0 Å². The molecule has 1 spiro atoms. The number of likely N-dealkylation sites (tertiary alicyclic amines) is 1. The summed E-state index contributed by atoms with van der Waals surface area (Å²) in [7, 11) is 6.76. The highest BCUT2D eigenvalue weighted by Gasteiger charge is 2.81. The summed E-state index contributed by atoms with van der Waals surface area (Å²) in [6, 6.07) is 4.82. The molecule has 6 heterocycles. The molecule has 1 aromatic rings. The molecule has 1 aromatic carbocycles. The van der Waals surface area contributed by atoms with Crippen molar-refractivity contribution >= 4 is 48.3 Å². The first kappa shape index (κ1) is 42.5. The highest BCUT2D eigenvalue weighted by atomic mass is 16.6. The van der Waals surface area contributed by atoms with Crippen LogP contribution in [0.4, 0.5) is 0 Å². The van der Waals surface area contributed by atoms with Crippen molar-refractivity contribution < 1.29 is 48.3 Å². The monoisotopic (exact) mass is 847 g/mol. The number of esters is 3. The number of hydrogen-bond donors (Lipinski definition) is 2. The van der Waals surface area contributed by atoms with Gasteiger partial charge in [-0.25, -0.2) is 9.59 Å². The fourth-order valence-electron chi connectivity index (χ4n) is 14.0. The molecule has 0 aromatic heterocycles. The summed E-state index contributed by atoms with van der Waals surface area (Å²) in [6.07, 6.45) is 14.0. The third-order valence-electron chi connectivity index (χ3n) is 16.1. The minimum Gasteiger partial charge on any atom is -0.478 e. The van der Waals surface area contributed by atoms with Crippen molar-refractivity contribution in [2.24, 2.45) is 28.1 Å². The van der Waals surface area contributed by atoms with Gasteiger partial charge < -0.3 is 34.1 Å². The number of carboxylic acids is 1. The standard InChI is InChI=1S/C48H58BN3O10/c1-8-28-19-30-23-47(43(56)60-6,39-32(26-51(24-28)25-30)31-20-29(12-14-38(54)55)11-13-35(31)49-39)34-21-33-36(22-37(34)59-5)50(4)41-46(33)16-18-52-17-10-15-45(9-2,40(46)52)42(62-27(3)53)48(41,58)44(57)61-7/h10-15,19-22,30,34,37,40-42,49,58H,8-9,16-18,23-26H2,1-7H3,(H,54,55)/b14-12+/t30-,34?,37?,40+,41-,42-,45-,46-,47+,48+/m1/s1. The van der Waals surface area contributed by atoms with Crippen LogP contribution in [0.1, 0.15) is 57.6 Å². The number of carbonyl (C=O) groups is 4. The smallest absolute Gasteiger partial charge is 0.344 e. The van der Waals surface area contributed by atoms with E-state index < -0.39 is 63.9 Å². The molecule has 0 radical (unpaired) electrons. The van der Waals surface area contributed by atoms with E-state index in [2.05, 4.69) is 47.1 Å². The highest BCUT2D eigenvalue weighted by Crippen LogP contribution is 2.70. The van der Waals surface area contributed by atoms with Crippen LogP contribution in [-0.2, 0) is 38.1 Å². The highest BCUT2D eigenvalue weighted by molar-refractivity contribution is 6.67. The molecule has 1 saturated carbocycles. The molecule has 0 amide bonds. The Labute approximate surface area is 364 Å². The molecule has 62 heavy (non-hydrogen) atoms. The van der Waals surface area contributed by atoms with Crippen LogP contribution in [0.25, 0.3) is 11.6 Å². The first-order chi connectivity index (χ1) is 29.7. The lowest BCUT2D eigenvalue weighted by Crippen LogP contribution is -2.79. The number of allylic oxidation sites excluding steroid dienone is 1.